The van der Waals surface area contributed by atoms with Crippen molar-refractivity contribution in [3.05, 3.63) is 87.2 Å². The van der Waals surface area contributed by atoms with Crippen molar-refractivity contribution in [2.75, 3.05) is 0 Å². The summed E-state index contributed by atoms with van der Waals surface area (Å²) in [6.45, 7) is 0. The van der Waals surface area contributed by atoms with Gasteiger partial charge in [0.1, 0.15) is 87.3 Å². The second kappa shape index (κ2) is 17.0. The lowest BCUT2D eigenvalue weighted by Gasteiger charge is -2.39. The number of esters is 1. The average molecular weight is 923 g/mol. The fourth-order valence-corrected chi connectivity index (χ4v) is 7.16. The number of phenols is 6. The highest BCUT2D eigenvalue weighted by atomic mass is 16.7. The zero-order valence-electron chi connectivity index (χ0n) is 32.9. The van der Waals surface area contributed by atoms with Crippen LogP contribution in [0.3, 0.4) is 0 Å². The first-order chi connectivity index (χ1) is 31.2. The van der Waals surface area contributed by atoms with Crippen molar-refractivity contribution >= 4 is 33.9 Å². The standard InChI is InChI=1S/C42H34O24/c43-14-4-1-12(2-5-14)33-36(64-41-31(55)27(51)29(53)37(65-41)39(57)58)26(50)24-21(61-33)10-16(45)11-22(24)62-40(59)38-30(54)28(52)32(56)42(66-38)63-35-25(49)23-19(48)8-15(44)9-20(23)60-34(35)13-3-6-17(46)18(47)7-13/h1-11,27-32,37-38,41-48,51-56H,(H,57,58)/t27-,28-,29-,30-,31+,32+,37-,38-,41?,42?/m0/s1. The lowest BCUT2D eigenvalue weighted by atomic mass is 9.98. The van der Waals surface area contributed by atoms with Crippen LogP contribution in [0.5, 0.6) is 51.7 Å². The quantitative estimate of drug-likeness (QED) is 0.0495. The minimum atomic E-state index is -2.39. The van der Waals surface area contributed by atoms with Gasteiger partial charge in [-0.3, -0.25) is 9.59 Å². The van der Waals surface area contributed by atoms with Gasteiger partial charge in [0.25, 0.3) is 0 Å². The molecule has 0 aliphatic carbocycles. The van der Waals surface area contributed by atoms with Crippen LogP contribution in [0.2, 0.25) is 0 Å². The number of carboxylic acid groups (broad SMARTS) is 1. The highest BCUT2D eigenvalue weighted by Crippen LogP contribution is 2.41. The lowest BCUT2D eigenvalue weighted by molar-refractivity contribution is -0.271. The summed E-state index contributed by atoms with van der Waals surface area (Å²) in [4.78, 5) is 54.1. The Labute approximate surface area is 364 Å². The monoisotopic (exact) mass is 922 g/mol. The van der Waals surface area contributed by atoms with Gasteiger partial charge in [-0.25, -0.2) is 9.59 Å². The van der Waals surface area contributed by atoms with Gasteiger partial charge in [-0.15, -0.1) is 0 Å². The van der Waals surface area contributed by atoms with E-state index < -0.39 is 164 Å². The molecule has 10 atom stereocenters. The first-order valence-electron chi connectivity index (χ1n) is 19.1. The molecule has 2 aliphatic heterocycles. The predicted octanol–water partition coefficient (Wildman–Crippen LogP) is -0.470. The van der Waals surface area contributed by atoms with Crippen molar-refractivity contribution in [2.24, 2.45) is 0 Å². The summed E-state index contributed by atoms with van der Waals surface area (Å²) in [6.07, 6.45) is -22.7. The number of aromatic hydroxyl groups is 6. The molecule has 2 saturated heterocycles. The van der Waals surface area contributed by atoms with E-state index in [2.05, 4.69) is 0 Å². The number of aliphatic hydroxyl groups excluding tert-OH is 6. The average Bonchev–Trinajstić information content (AvgIpc) is 3.26. The van der Waals surface area contributed by atoms with E-state index in [1.165, 1.54) is 12.1 Å². The van der Waals surface area contributed by atoms with Crippen LogP contribution < -0.4 is 25.1 Å². The Hall–Kier alpha value is -7.68. The molecule has 13 N–H and O–H groups in total. The van der Waals surface area contributed by atoms with E-state index in [0.717, 1.165) is 48.5 Å². The maximum atomic E-state index is 14.4. The Morgan fingerprint density at radius 1 is 0.500 bits per heavy atom. The van der Waals surface area contributed by atoms with Gasteiger partial charge >= 0.3 is 11.9 Å². The number of carbonyl (C=O) groups excluding carboxylic acids is 1. The number of fused-ring (bicyclic) bond motifs is 2. The number of hydrogen-bond donors (Lipinski definition) is 13. The Balaban J connectivity index is 1.18. The van der Waals surface area contributed by atoms with Gasteiger partial charge < -0.3 is 98.9 Å². The summed E-state index contributed by atoms with van der Waals surface area (Å²) < 4.78 is 39.1. The summed E-state index contributed by atoms with van der Waals surface area (Å²) in [7, 11) is 0. The molecule has 8 rings (SSSR count). The van der Waals surface area contributed by atoms with E-state index >= 15 is 0 Å². The van der Waals surface area contributed by atoms with Gasteiger partial charge in [-0.2, -0.15) is 0 Å². The number of aliphatic hydroxyl groups is 6. The number of benzene rings is 4. The zero-order chi connectivity index (χ0) is 47.6. The Kier molecular flexibility index (Phi) is 11.6. The number of rotatable bonds is 9. The molecule has 0 bridgehead atoms. The highest BCUT2D eigenvalue weighted by Gasteiger charge is 2.51. The van der Waals surface area contributed by atoms with Gasteiger partial charge in [-0.05, 0) is 42.5 Å². The molecule has 2 aliphatic rings. The minimum Gasteiger partial charge on any atom is -0.508 e. The second-order valence-electron chi connectivity index (χ2n) is 14.9. The molecular weight excluding hydrogens is 888 g/mol. The van der Waals surface area contributed by atoms with Crippen LogP contribution in [-0.4, -0.2) is 140 Å². The Morgan fingerprint density at radius 2 is 1.00 bits per heavy atom. The van der Waals surface area contributed by atoms with Crippen molar-refractivity contribution in [3.63, 3.8) is 0 Å². The van der Waals surface area contributed by atoms with Gasteiger partial charge in [0.2, 0.25) is 34.9 Å². The predicted molar refractivity (Wildman–Crippen MR) is 214 cm³/mol. The van der Waals surface area contributed by atoms with Crippen molar-refractivity contribution < 1.29 is 108 Å². The van der Waals surface area contributed by atoms with E-state index in [-0.39, 0.29) is 16.9 Å². The van der Waals surface area contributed by atoms with Crippen molar-refractivity contribution in [2.45, 2.75) is 61.4 Å². The molecule has 0 amide bonds. The van der Waals surface area contributed by atoms with Crippen LogP contribution in [0.4, 0.5) is 0 Å². The number of ether oxygens (including phenoxy) is 5. The largest absolute Gasteiger partial charge is 0.508 e. The number of carboxylic acids is 1. The molecule has 0 saturated carbocycles. The smallest absolute Gasteiger partial charge is 0.343 e. The summed E-state index contributed by atoms with van der Waals surface area (Å²) in [5.41, 5.74) is -3.68. The number of phenolic OH excluding ortho intramolecular Hbond substituents is 6. The molecule has 0 radical (unpaired) electrons. The van der Waals surface area contributed by atoms with Gasteiger partial charge in [-0.1, -0.05) is 0 Å². The number of aliphatic carboxylic acids is 1. The van der Waals surface area contributed by atoms with Crippen LogP contribution in [-0.2, 0) is 19.1 Å². The minimum absolute atomic E-state index is 0.0270. The van der Waals surface area contributed by atoms with E-state index in [1.54, 1.807) is 0 Å². The molecule has 346 valence electrons. The van der Waals surface area contributed by atoms with Crippen LogP contribution in [0, 0.1) is 0 Å². The Morgan fingerprint density at radius 3 is 1.58 bits per heavy atom. The van der Waals surface area contributed by atoms with Crippen LogP contribution in [0.15, 0.2) is 85.2 Å². The normalized spacial score (nSPS) is 25.4. The van der Waals surface area contributed by atoms with Crippen molar-refractivity contribution in [3.8, 4) is 74.4 Å². The van der Waals surface area contributed by atoms with E-state index in [9.17, 15) is 85.6 Å². The van der Waals surface area contributed by atoms with Crippen LogP contribution in [0.1, 0.15) is 0 Å². The number of hydrogen-bond acceptors (Lipinski definition) is 23. The summed E-state index contributed by atoms with van der Waals surface area (Å²) in [5, 5.41) is 134. The zero-order valence-corrected chi connectivity index (χ0v) is 32.9. The molecular formula is C42H34O24. The van der Waals surface area contributed by atoms with Crippen LogP contribution >= 0.6 is 0 Å². The molecule has 0 spiro atoms. The third kappa shape index (κ3) is 7.94. The molecule has 24 heteroatoms. The maximum absolute atomic E-state index is 14.4. The first-order valence-corrected chi connectivity index (χ1v) is 19.1. The maximum Gasteiger partial charge on any atom is 0.343 e. The second-order valence-corrected chi connectivity index (χ2v) is 14.9. The summed E-state index contributed by atoms with van der Waals surface area (Å²) in [5.74, 6) is -10.9. The summed E-state index contributed by atoms with van der Waals surface area (Å²) >= 11 is 0. The topological polar surface area (TPSA) is 404 Å². The molecule has 66 heavy (non-hydrogen) atoms. The molecule has 2 aromatic heterocycles. The molecule has 6 aromatic rings. The van der Waals surface area contributed by atoms with Gasteiger partial charge in [0.05, 0.1) is 0 Å². The third-order valence-corrected chi connectivity index (χ3v) is 10.5. The van der Waals surface area contributed by atoms with E-state index in [4.69, 9.17) is 32.5 Å². The SMILES string of the molecule is O=C(O)[C@H]1OC(Oc2c(-c3ccc(O)cc3)oc3cc(O)cc(OC(=O)[C@H]4OC(Oc5c(-c6ccc(O)c(O)c6)oc6cc(O)cc(O)c6c5=O)[C@H](O)[C@@H](O)[C@@H]4O)c3c2=O)[C@H](O)[C@@H](O)[C@@H]1O. The fraction of sp³-hybridized carbons (Fsp3) is 0.238. The number of carbonyl (C=O) groups is 2. The van der Waals surface area contributed by atoms with Gasteiger partial charge in [0, 0.05) is 35.4 Å². The molecule has 24 nitrogen and oxygen atoms in total. The van der Waals surface area contributed by atoms with Crippen molar-refractivity contribution in [1.29, 1.82) is 0 Å². The lowest BCUT2D eigenvalue weighted by Crippen LogP contribution is -2.62. The highest BCUT2D eigenvalue weighted by molar-refractivity contribution is 5.92. The molecule has 2 fully saturated rings. The summed E-state index contributed by atoms with van der Waals surface area (Å²) in [6, 6.07) is 11.1. The van der Waals surface area contributed by atoms with Gasteiger partial charge in [0.15, 0.2) is 35.2 Å². The third-order valence-electron chi connectivity index (χ3n) is 10.5. The fourth-order valence-electron chi connectivity index (χ4n) is 7.16. The van der Waals surface area contributed by atoms with E-state index in [0.29, 0.717) is 6.07 Å². The first kappa shape index (κ1) is 44.9. The van der Waals surface area contributed by atoms with Crippen molar-refractivity contribution in [1.82, 2.24) is 0 Å². The van der Waals surface area contributed by atoms with Crippen LogP contribution in [0.25, 0.3) is 44.6 Å². The molecule has 2 unspecified atom stereocenters. The molecule has 4 heterocycles. The van der Waals surface area contributed by atoms with E-state index in [1.807, 2.05) is 0 Å². The Bertz CT molecular complexity index is 3020. The molecule has 4 aromatic carbocycles.